The molecule has 0 spiro atoms. The van der Waals surface area contributed by atoms with Gasteiger partial charge in [-0.15, -0.1) is 0 Å². The fourth-order valence-electron chi connectivity index (χ4n) is 2.40. The van der Waals surface area contributed by atoms with Crippen molar-refractivity contribution in [3.63, 3.8) is 0 Å². The highest BCUT2D eigenvalue weighted by Gasteiger charge is 2.09. The highest BCUT2D eigenvalue weighted by atomic mass is 16.5. The molecule has 0 amide bonds. The Kier molecular flexibility index (Phi) is 3.25. The van der Waals surface area contributed by atoms with Gasteiger partial charge in [0.1, 0.15) is 0 Å². The summed E-state index contributed by atoms with van der Waals surface area (Å²) in [7, 11) is 1.59. The van der Waals surface area contributed by atoms with Crippen LogP contribution in [0, 0.1) is 0 Å². The van der Waals surface area contributed by atoms with Crippen molar-refractivity contribution in [3.8, 4) is 5.88 Å². The fraction of sp³-hybridized carbons (Fsp3) is 0.118. The van der Waals surface area contributed by atoms with E-state index in [1.54, 1.807) is 13.2 Å². The summed E-state index contributed by atoms with van der Waals surface area (Å²) in [6.45, 7) is 0.671. The van der Waals surface area contributed by atoms with Gasteiger partial charge in [0.2, 0.25) is 0 Å². The van der Waals surface area contributed by atoms with Gasteiger partial charge >= 0.3 is 0 Å². The average Bonchev–Trinajstić information content (AvgIpc) is 2.51. The van der Waals surface area contributed by atoms with E-state index < -0.39 is 0 Å². The van der Waals surface area contributed by atoms with Gasteiger partial charge in [0.05, 0.1) is 19.2 Å². The first kappa shape index (κ1) is 12.5. The number of nitrogens with zero attached hydrogens (tertiary/aromatic N) is 1. The summed E-state index contributed by atoms with van der Waals surface area (Å²) in [6, 6.07) is 19.3. The molecule has 100 valence electrons. The summed E-state index contributed by atoms with van der Waals surface area (Å²) in [6.07, 6.45) is 0. The van der Waals surface area contributed by atoms with E-state index in [9.17, 15) is 4.79 Å². The van der Waals surface area contributed by atoms with Crippen molar-refractivity contribution >= 4 is 10.9 Å². The van der Waals surface area contributed by atoms with Crippen molar-refractivity contribution < 1.29 is 4.74 Å². The van der Waals surface area contributed by atoms with Gasteiger partial charge in [-0.25, -0.2) is 0 Å². The van der Waals surface area contributed by atoms with Crippen LogP contribution in [0.2, 0.25) is 0 Å². The number of ether oxygens (including phenoxy) is 1. The lowest BCUT2D eigenvalue weighted by atomic mass is 10.1. The number of fused-ring (bicyclic) bond motifs is 1. The fourth-order valence-corrected chi connectivity index (χ4v) is 2.40. The second kappa shape index (κ2) is 5.21. The molecule has 0 aliphatic heterocycles. The Balaban J connectivity index is 2.22. The van der Waals surface area contributed by atoms with Crippen molar-refractivity contribution in [3.05, 3.63) is 76.5 Å². The standard InChI is InChI=1S/C17H15NO2/c1-20-17-11-16(19)14-9-5-6-10-15(14)18(17)12-13-7-3-2-4-8-13/h2-11H,12H2,1H3. The van der Waals surface area contributed by atoms with E-state index in [0.717, 1.165) is 5.52 Å². The third-order valence-corrected chi connectivity index (χ3v) is 3.37. The number of methoxy groups -OCH3 is 1. The lowest BCUT2D eigenvalue weighted by molar-refractivity contribution is 0.376. The van der Waals surface area contributed by atoms with E-state index in [1.165, 1.54) is 5.56 Å². The molecule has 0 radical (unpaired) electrons. The maximum Gasteiger partial charge on any atom is 0.197 e. The van der Waals surface area contributed by atoms with Gasteiger partial charge in [-0.05, 0) is 17.7 Å². The van der Waals surface area contributed by atoms with Crippen LogP contribution in [0.4, 0.5) is 0 Å². The SMILES string of the molecule is COc1cc(=O)c2ccccc2n1Cc1ccccc1. The molecule has 0 atom stereocenters. The minimum atomic E-state index is -0.0123. The molecule has 1 heterocycles. The molecule has 0 fully saturated rings. The average molecular weight is 265 g/mol. The molecule has 0 saturated carbocycles. The van der Waals surface area contributed by atoms with Crippen molar-refractivity contribution in [1.29, 1.82) is 0 Å². The summed E-state index contributed by atoms with van der Waals surface area (Å²) in [5, 5.41) is 0.712. The maximum atomic E-state index is 12.1. The van der Waals surface area contributed by atoms with Gasteiger partial charge in [0.15, 0.2) is 11.3 Å². The monoisotopic (exact) mass is 265 g/mol. The molecule has 0 aliphatic rings. The Labute approximate surface area is 117 Å². The Bertz CT molecular complexity index is 791. The predicted octanol–water partition coefficient (Wildman–Crippen LogP) is 3.06. The predicted molar refractivity (Wildman–Crippen MR) is 80.3 cm³/mol. The van der Waals surface area contributed by atoms with Crippen LogP contribution in [0.1, 0.15) is 5.56 Å². The van der Waals surface area contributed by atoms with Gasteiger partial charge in [0.25, 0.3) is 0 Å². The molecular weight excluding hydrogens is 250 g/mol. The summed E-state index contributed by atoms with van der Waals surface area (Å²) in [4.78, 5) is 12.1. The molecule has 3 heteroatoms. The lowest BCUT2D eigenvalue weighted by Crippen LogP contribution is -2.12. The smallest absolute Gasteiger partial charge is 0.197 e. The van der Waals surface area contributed by atoms with Crippen molar-refractivity contribution in [2.45, 2.75) is 6.54 Å². The first-order valence-electron chi connectivity index (χ1n) is 6.50. The van der Waals surface area contributed by atoms with Crippen LogP contribution in [-0.4, -0.2) is 11.7 Å². The molecule has 2 aromatic carbocycles. The third kappa shape index (κ3) is 2.18. The second-order valence-corrected chi connectivity index (χ2v) is 4.64. The van der Waals surface area contributed by atoms with Crippen molar-refractivity contribution in [1.82, 2.24) is 4.57 Å². The van der Waals surface area contributed by atoms with Crippen molar-refractivity contribution in [2.75, 3.05) is 7.11 Å². The lowest BCUT2D eigenvalue weighted by Gasteiger charge is -2.15. The molecule has 20 heavy (non-hydrogen) atoms. The molecule has 1 aromatic heterocycles. The van der Waals surface area contributed by atoms with Crippen LogP contribution in [0.15, 0.2) is 65.5 Å². The van der Waals surface area contributed by atoms with E-state index in [2.05, 4.69) is 12.1 Å². The zero-order chi connectivity index (χ0) is 13.9. The molecule has 3 rings (SSSR count). The number of benzene rings is 2. The van der Waals surface area contributed by atoms with E-state index in [0.29, 0.717) is 17.8 Å². The molecule has 3 aromatic rings. The number of hydrogen-bond donors (Lipinski definition) is 0. The summed E-state index contributed by atoms with van der Waals surface area (Å²) in [5.41, 5.74) is 2.04. The number of rotatable bonds is 3. The molecule has 0 aliphatic carbocycles. The van der Waals surface area contributed by atoms with Crippen LogP contribution < -0.4 is 10.2 Å². The zero-order valence-electron chi connectivity index (χ0n) is 11.2. The molecule has 0 saturated heterocycles. The van der Waals surface area contributed by atoms with Crippen LogP contribution >= 0.6 is 0 Å². The number of hydrogen-bond acceptors (Lipinski definition) is 2. The number of para-hydroxylation sites is 1. The van der Waals surface area contributed by atoms with Gasteiger partial charge in [-0.2, -0.15) is 0 Å². The number of aromatic nitrogens is 1. The van der Waals surface area contributed by atoms with E-state index in [1.807, 2.05) is 47.0 Å². The van der Waals surface area contributed by atoms with Gasteiger partial charge in [-0.1, -0.05) is 42.5 Å². The highest BCUT2D eigenvalue weighted by molar-refractivity contribution is 5.79. The largest absolute Gasteiger partial charge is 0.482 e. The Morgan fingerprint density at radius 3 is 2.45 bits per heavy atom. The van der Waals surface area contributed by atoms with Gasteiger partial charge in [0, 0.05) is 11.5 Å². The summed E-state index contributed by atoms with van der Waals surface area (Å²) < 4.78 is 7.39. The van der Waals surface area contributed by atoms with Crippen molar-refractivity contribution in [2.24, 2.45) is 0 Å². The number of pyridine rings is 1. The minimum Gasteiger partial charge on any atom is -0.482 e. The zero-order valence-corrected chi connectivity index (χ0v) is 11.2. The second-order valence-electron chi connectivity index (χ2n) is 4.64. The topological polar surface area (TPSA) is 31.2 Å². The normalized spacial score (nSPS) is 10.7. The minimum absolute atomic E-state index is 0.0123. The summed E-state index contributed by atoms with van der Waals surface area (Å²) >= 11 is 0. The molecule has 0 unspecified atom stereocenters. The van der Waals surface area contributed by atoms with E-state index >= 15 is 0 Å². The Hall–Kier alpha value is -2.55. The Morgan fingerprint density at radius 1 is 1.00 bits per heavy atom. The third-order valence-electron chi connectivity index (χ3n) is 3.37. The van der Waals surface area contributed by atoms with Crippen LogP contribution in [-0.2, 0) is 6.54 Å². The summed E-state index contributed by atoms with van der Waals surface area (Å²) in [5.74, 6) is 0.581. The molecule has 3 nitrogen and oxygen atoms in total. The molecule has 0 N–H and O–H groups in total. The maximum absolute atomic E-state index is 12.1. The van der Waals surface area contributed by atoms with Gasteiger partial charge in [-0.3, -0.25) is 4.79 Å². The first-order valence-corrected chi connectivity index (χ1v) is 6.50. The van der Waals surface area contributed by atoms with Crippen LogP contribution in [0.25, 0.3) is 10.9 Å². The molecular formula is C17H15NO2. The molecule has 0 bridgehead atoms. The first-order chi connectivity index (χ1) is 9.79. The quantitative estimate of drug-likeness (QED) is 0.728. The van der Waals surface area contributed by atoms with Gasteiger partial charge < -0.3 is 9.30 Å². The Morgan fingerprint density at radius 2 is 1.70 bits per heavy atom. The highest BCUT2D eigenvalue weighted by Crippen LogP contribution is 2.19. The van der Waals surface area contributed by atoms with E-state index in [4.69, 9.17) is 4.74 Å². The van der Waals surface area contributed by atoms with E-state index in [-0.39, 0.29) is 5.43 Å². The van der Waals surface area contributed by atoms with Crippen LogP contribution in [0.3, 0.4) is 0 Å². The van der Waals surface area contributed by atoms with Crippen LogP contribution in [0.5, 0.6) is 5.88 Å².